The molecule has 0 bridgehead atoms. The third-order valence-corrected chi connectivity index (χ3v) is 6.07. The van der Waals surface area contributed by atoms with Crippen LogP contribution < -0.4 is 5.32 Å². The van der Waals surface area contributed by atoms with Crippen LogP contribution in [0.15, 0.2) is 40.9 Å². The predicted molar refractivity (Wildman–Crippen MR) is 99.5 cm³/mol. The van der Waals surface area contributed by atoms with Gasteiger partial charge in [-0.15, -0.1) is 0 Å². The molecule has 0 radical (unpaired) electrons. The monoisotopic (exact) mass is 381 g/mol. The Kier molecular flexibility index (Phi) is 5.83. The van der Waals surface area contributed by atoms with E-state index in [0.29, 0.717) is 23.4 Å². The number of esters is 1. The molecule has 1 atom stereocenters. The fourth-order valence-electron chi connectivity index (χ4n) is 3.78. The molecule has 6 nitrogen and oxygen atoms in total. The summed E-state index contributed by atoms with van der Waals surface area (Å²) in [5.41, 5.74) is 0.592. The fourth-order valence-corrected chi connectivity index (χ4v) is 4.69. The number of hydrogen-bond acceptors (Lipinski definition) is 6. The van der Waals surface area contributed by atoms with Gasteiger partial charge in [0.05, 0.1) is 28.5 Å². The molecule has 1 aromatic rings. The minimum Gasteiger partial charge on any atom is -0.460 e. The van der Waals surface area contributed by atoms with Crippen molar-refractivity contribution >= 4 is 23.6 Å². The van der Waals surface area contributed by atoms with Crippen molar-refractivity contribution < 1.29 is 14.3 Å². The Morgan fingerprint density at radius 3 is 2.59 bits per heavy atom. The van der Waals surface area contributed by atoms with Crippen molar-refractivity contribution in [1.29, 1.82) is 10.5 Å². The zero-order valence-corrected chi connectivity index (χ0v) is 15.6. The second-order valence-corrected chi connectivity index (χ2v) is 7.65. The first-order valence-corrected chi connectivity index (χ1v) is 9.77. The Bertz CT molecular complexity index is 845. The van der Waals surface area contributed by atoms with Crippen molar-refractivity contribution in [2.24, 2.45) is 11.3 Å². The van der Waals surface area contributed by atoms with E-state index in [0.717, 1.165) is 30.2 Å². The van der Waals surface area contributed by atoms with E-state index in [2.05, 4.69) is 17.5 Å². The lowest BCUT2D eigenvalue weighted by Crippen LogP contribution is -2.46. The maximum atomic E-state index is 12.4. The Balaban J connectivity index is 1.70. The average molecular weight is 381 g/mol. The standard InChI is InChI=1S/C20H19N3O3S/c21-10-15-18(25)23-19(16(11-22)20(15)8-4-5-9-20)27-13-17(24)26-12-14-6-2-1-3-7-14/h1-3,6-7,15H,4-5,8-9,12-13H2,(H,23,25)/t15-/m0/s1. The number of amides is 1. The number of nitrogens with zero attached hydrogens (tertiary/aromatic N) is 2. The number of ether oxygens (including phenoxy) is 1. The van der Waals surface area contributed by atoms with Gasteiger partial charge >= 0.3 is 5.97 Å². The fraction of sp³-hybridized carbons (Fsp3) is 0.400. The van der Waals surface area contributed by atoms with E-state index in [4.69, 9.17) is 4.74 Å². The summed E-state index contributed by atoms with van der Waals surface area (Å²) in [7, 11) is 0. The van der Waals surface area contributed by atoms with Gasteiger partial charge in [0.15, 0.2) is 0 Å². The molecule has 138 valence electrons. The van der Waals surface area contributed by atoms with Gasteiger partial charge in [-0.25, -0.2) is 0 Å². The lowest BCUT2D eigenvalue weighted by Gasteiger charge is -2.37. The molecule has 1 N–H and O–H groups in total. The second-order valence-electron chi connectivity index (χ2n) is 6.67. The summed E-state index contributed by atoms with van der Waals surface area (Å²) >= 11 is 1.09. The molecule has 1 amide bonds. The van der Waals surface area contributed by atoms with Crippen molar-refractivity contribution in [2.45, 2.75) is 32.3 Å². The number of allylic oxidation sites excluding steroid dienone is 1. The Labute approximate surface area is 162 Å². The zero-order valence-electron chi connectivity index (χ0n) is 14.7. The van der Waals surface area contributed by atoms with Crippen LogP contribution >= 0.6 is 11.8 Å². The number of carbonyl (C=O) groups is 2. The van der Waals surface area contributed by atoms with E-state index in [9.17, 15) is 20.1 Å². The van der Waals surface area contributed by atoms with Crippen LogP contribution in [0.1, 0.15) is 31.2 Å². The first-order chi connectivity index (χ1) is 13.1. The molecule has 1 aliphatic carbocycles. The van der Waals surface area contributed by atoms with E-state index >= 15 is 0 Å². The van der Waals surface area contributed by atoms with Crippen LogP contribution in [-0.4, -0.2) is 17.6 Å². The molecule has 1 heterocycles. The van der Waals surface area contributed by atoms with Gasteiger partial charge in [0.2, 0.25) is 5.91 Å². The number of thioether (sulfide) groups is 1. The van der Waals surface area contributed by atoms with E-state index in [1.165, 1.54) is 0 Å². The van der Waals surface area contributed by atoms with Crippen molar-refractivity contribution in [1.82, 2.24) is 5.32 Å². The van der Waals surface area contributed by atoms with Gasteiger partial charge < -0.3 is 10.1 Å². The van der Waals surface area contributed by atoms with Crippen molar-refractivity contribution in [3.05, 3.63) is 46.5 Å². The zero-order chi connectivity index (χ0) is 19.3. The highest BCUT2D eigenvalue weighted by atomic mass is 32.2. The van der Waals surface area contributed by atoms with Crippen molar-refractivity contribution in [3.63, 3.8) is 0 Å². The van der Waals surface area contributed by atoms with Gasteiger partial charge in [-0.3, -0.25) is 9.59 Å². The molecule has 2 aliphatic rings. The van der Waals surface area contributed by atoms with Gasteiger partial charge in [0.1, 0.15) is 12.5 Å². The number of carbonyl (C=O) groups excluding carboxylic acids is 2. The van der Waals surface area contributed by atoms with Crippen LogP contribution in [0.2, 0.25) is 0 Å². The minimum atomic E-state index is -0.857. The first-order valence-electron chi connectivity index (χ1n) is 8.78. The summed E-state index contributed by atoms with van der Waals surface area (Å²) in [6, 6.07) is 13.6. The molecule has 1 spiro atoms. The van der Waals surface area contributed by atoms with Gasteiger partial charge in [0, 0.05) is 5.41 Å². The number of benzene rings is 1. The van der Waals surface area contributed by atoms with Gasteiger partial charge in [0.25, 0.3) is 0 Å². The summed E-state index contributed by atoms with van der Waals surface area (Å²) in [5.74, 6) is -1.69. The van der Waals surface area contributed by atoms with E-state index in [1.54, 1.807) is 0 Å². The Hall–Kier alpha value is -2.77. The molecule has 1 saturated carbocycles. The smallest absolute Gasteiger partial charge is 0.316 e. The van der Waals surface area contributed by atoms with Gasteiger partial charge in [-0.2, -0.15) is 10.5 Å². The minimum absolute atomic E-state index is 0.0130. The van der Waals surface area contributed by atoms with E-state index in [-0.39, 0.29) is 12.4 Å². The molecule has 0 aromatic heterocycles. The number of hydrogen-bond donors (Lipinski definition) is 1. The maximum absolute atomic E-state index is 12.4. The SMILES string of the molecule is N#CC1=C(SCC(=O)OCc2ccccc2)NC(=O)[C@H](C#N)C12CCCC2. The third kappa shape index (κ3) is 3.84. The van der Waals surface area contributed by atoms with E-state index < -0.39 is 23.2 Å². The predicted octanol–water partition coefficient (Wildman–Crippen LogP) is 3.03. The van der Waals surface area contributed by atoms with Crippen LogP contribution in [0.3, 0.4) is 0 Å². The molecular weight excluding hydrogens is 362 g/mol. The third-order valence-electron chi connectivity index (χ3n) is 5.09. The van der Waals surface area contributed by atoms with Crippen LogP contribution in [0.25, 0.3) is 0 Å². The van der Waals surface area contributed by atoms with Crippen LogP contribution in [-0.2, 0) is 20.9 Å². The van der Waals surface area contributed by atoms with Crippen LogP contribution in [0, 0.1) is 34.0 Å². The topological polar surface area (TPSA) is 103 Å². The molecule has 0 saturated heterocycles. The lowest BCUT2D eigenvalue weighted by atomic mass is 9.67. The molecule has 1 aromatic carbocycles. The number of rotatable bonds is 5. The number of nitriles is 2. The maximum Gasteiger partial charge on any atom is 0.316 e. The average Bonchev–Trinajstić information content (AvgIpc) is 3.15. The highest BCUT2D eigenvalue weighted by molar-refractivity contribution is 8.03. The first kappa shape index (κ1) is 19.0. The van der Waals surface area contributed by atoms with Crippen molar-refractivity contribution in [3.8, 4) is 12.1 Å². The molecule has 1 aliphatic heterocycles. The Morgan fingerprint density at radius 1 is 1.26 bits per heavy atom. The van der Waals surface area contributed by atoms with E-state index in [1.807, 2.05) is 30.3 Å². The normalized spacial score (nSPS) is 20.7. The molecule has 7 heteroatoms. The highest BCUT2D eigenvalue weighted by Gasteiger charge is 2.52. The highest BCUT2D eigenvalue weighted by Crippen LogP contribution is 2.53. The molecule has 0 unspecified atom stereocenters. The van der Waals surface area contributed by atoms with Gasteiger partial charge in [-0.05, 0) is 18.4 Å². The molecule has 3 rings (SSSR count). The summed E-state index contributed by atoms with van der Waals surface area (Å²) < 4.78 is 5.24. The quantitative estimate of drug-likeness (QED) is 0.787. The van der Waals surface area contributed by atoms with Crippen molar-refractivity contribution in [2.75, 3.05) is 5.75 Å². The van der Waals surface area contributed by atoms with Gasteiger partial charge in [-0.1, -0.05) is 54.9 Å². The molecular formula is C20H19N3O3S. The Morgan fingerprint density at radius 2 is 1.96 bits per heavy atom. The van der Waals surface area contributed by atoms with Crippen LogP contribution in [0.4, 0.5) is 0 Å². The summed E-state index contributed by atoms with van der Waals surface area (Å²) in [6.07, 6.45) is 3.05. The summed E-state index contributed by atoms with van der Waals surface area (Å²) in [6.45, 7) is 0.178. The lowest BCUT2D eigenvalue weighted by molar-refractivity contribution is -0.141. The summed E-state index contributed by atoms with van der Waals surface area (Å²) in [4.78, 5) is 24.5. The molecule has 1 fully saturated rings. The second kappa shape index (κ2) is 8.28. The molecule has 27 heavy (non-hydrogen) atoms. The summed E-state index contributed by atoms with van der Waals surface area (Å²) in [5, 5.41) is 22.2. The number of nitrogens with one attached hydrogen (secondary N) is 1. The van der Waals surface area contributed by atoms with Crippen LogP contribution in [0.5, 0.6) is 0 Å². The largest absolute Gasteiger partial charge is 0.460 e.